The summed E-state index contributed by atoms with van der Waals surface area (Å²) in [6.45, 7) is 0. The van der Waals surface area contributed by atoms with Gasteiger partial charge in [0.1, 0.15) is 5.69 Å². The van der Waals surface area contributed by atoms with Crippen molar-refractivity contribution in [1.82, 2.24) is 13.8 Å². The first-order valence-electron chi connectivity index (χ1n) is 5.60. The number of carbonyl (C=O) groups is 1. The van der Waals surface area contributed by atoms with Crippen molar-refractivity contribution in [2.75, 3.05) is 0 Å². The maximum absolute atomic E-state index is 11.8. The molecule has 2 rings (SSSR count). The van der Waals surface area contributed by atoms with Gasteiger partial charge < -0.3 is 10.3 Å². The fourth-order valence-electron chi connectivity index (χ4n) is 2.08. The fourth-order valence-corrected chi connectivity index (χ4v) is 2.70. The zero-order valence-electron chi connectivity index (χ0n) is 9.00. The Morgan fingerprint density at radius 1 is 1.31 bits per heavy atom. The van der Waals surface area contributed by atoms with Crippen LogP contribution in [0.25, 0.3) is 0 Å². The molecular formula is C11H16IN3O. The first kappa shape index (κ1) is 11.9. The molecule has 1 aromatic rings. The van der Waals surface area contributed by atoms with Gasteiger partial charge in [-0.3, -0.25) is 8.32 Å². The van der Waals surface area contributed by atoms with Crippen LogP contribution >= 0.6 is 22.9 Å². The Morgan fingerprint density at radius 3 is 2.56 bits per heavy atom. The number of carbonyl (C=O) groups excluding carboxylic acids is 1. The lowest BCUT2D eigenvalue weighted by Gasteiger charge is -2.28. The fraction of sp³-hybridized carbons (Fsp3) is 0.545. The van der Waals surface area contributed by atoms with Crippen LogP contribution in [0, 0.1) is 0 Å². The highest BCUT2D eigenvalue weighted by Crippen LogP contribution is 2.19. The molecule has 1 saturated carbocycles. The first-order chi connectivity index (χ1) is 7.79. The third-order valence-corrected chi connectivity index (χ3v) is 3.94. The SMILES string of the molecule is O=C(N[C@H]1CC[C@H](NI)CC1)c1ccc[nH]1. The first-order valence-corrected chi connectivity index (χ1v) is 6.68. The number of aromatic nitrogens is 1. The highest BCUT2D eigenvalue weighted by molar-refractivity contribution is 14.1. The molecule has 5 heteroatoms. The molecule has 0 saturated heterocycles. The number of hydrogen-bond donors (Lipinski definition) is 3. The highest BCUT2D eigenvalue weighted by Gasteiger charge is 2.22. The molecule has 1 aromatic heterocycles. The van der Waals surface area contributed by atoms with E-state index in [1.807, 2.05) is 6.07 Å². The lowest BCUT2D eigenvalue weighted by atomic mass is 9.92. The average molecular weight is 333 g/mol. The zero-order chi connectivity index (χ0) is 11.4. The van der Waals surface area contributed by atoms with E-state index in [0.717, 1.165) is 25.7 Å². The van der Waals surface area contributed by atoms with Crippen molar-refractivity contribution in [3.05, 3.63) is 24.0 Å². The summed E-state index contributed by atoms with van der Waals surface area (Å²) >= 11 is 2.21. The summed E-state index contributed by atoms with van der Waals surface area (Å²) in [6, 6.07) is 4.58. The van der Waals surface area contributed by atoms with Crippen LogP contribution in [-0.4, -0.2) is 23.0 Å². The summed E-state index contributed by atoms with van der Waals surface area (Å²) in [4.78, 5) is 14.7. The van der Waals surface area contributed by atoms with Crippen LogP contribution in [0.15, 0.2) is 18.3 Å². The van der Waals surface area contributed by atoms with E-state index in [0.29, 0.717) is 17.8 Å². The van der Waals surface area contributed by atoms with E-state index in [2.05, 4.69) is 36.7 Å². The van der Waals surface area contributed by atoms with Crippen molar-refractivity contribution in [2.24, 2.45) is 0 Å². The topological polar surface area (TPSA) is 56.9 Å². The largest absolute Gasteiger partial charge is 0.357 e. The quantitative estimate of drug-likeness (QED) is 0.585. The Kier molecular flexibility index (Phi) is 4.22. The molecule has 0 spiro atoms. The van der Waals surface area contributed by atoms with Gasteiger partial charge in [0.2, 0.25) is 0 Å². The number of aromatic amines is 1. The van der Waals surface area contributed by atoms with Gasteiger partial charge in [-0.25, -0.2) is 0 Å². The maximum Gasteiger partial charge on any atom is 0.267 e. The normalized spacial score (nSPS) is 25.3. The minimum atomic E-state index is 0.0101. The van der Waals surface area contributed by atoms with E-state index < -0.39 is 0 Å². The molecule has 0 radical (unpaired) electrons. The summed E-state index contributed by atoms with van der Waals surface area (Å²) in [5.74, 6) is 0.0101. The second-order valence-electron chi connectivity index (χ2n) is 4.21. The lowest BCUT2D eigenvalue weighted by Crippen LogP contribution is -2.40. The van der Waals surface area contributed by atoms with Gasteiger partial charge in [-0.1, -0.05) is 0 Å². The van der Waals surface area contributed by atoms with Crippen molar-refractivity contribution < 1.29 is 4.79 Å². The predicted octanol–water partition coefficient (Wildman–Crippen LogP) is 2.00. The van der Waals surface area contributed by atoms with Gasteiger partial charge in [0.25, 0.3) is 5.91 Å². The Labute approximate surface area is 109 Å². The molecule has 1 fully saturated rings. The third kappa shape index (κ3) is 2.98. The molecule has 0 bridgehead atoms. The van der Waals surface area contributed by atoms with Gasteiger partial charge in [0, 0.05) is 41.1 Å². The number of halogens is 1. The Hall–Kier alpha value is -0.560. The highest BCUT2D eigenvalue weighted by atomic mass is 127. The minimum absolute atomic E-state index is 0.0101. The number of H-pyrrole nitrogens is 1. The second kappa shape index (κ2) is 5.67. The van der Waals surface area contributed by atoms with E-state index in [1.165, 1.54) is 0 Å². The van der Waals surface area contributed by atoms with Crippen molar-refractivity contribution in [2.45, 2.75) is 37.8 Å². The Morgan fingerprint density at radius 2 is 2.00 bits per heavy atom. The monoisotopic (exact) mass is 333 g/mol. The van der Waals surface area contributed by atoms with Gasteiger partial charge in [-0.05, 0) is 37.8 Å². The van der Waals surface area contributed by atoms with Crippen LogP contribution in [0.3, 0.4) is 0 Å². The number of amides is 1. The molecular weight excluding hydrogens is 317 g/mol. The summed E-state index contributed by atoms with van der Waals surface area (Å²) < 4.78 is 3.26. The molecule has 4 nitrogen and oxygen atoms in total. The molecule has 88 valence electrons. The van der Waals surface area contributed by atoms with Gasteiger partial charge in [0.15, 0.2) is 0 Å². The summed E-state index contributed by atoms with van der Waals surface area (Å²) in [6.07, 6.45) is 6.17. The molecule has 0 aromatic carbocycles. The van der Waals surface area contributed by atoms with Crippen molar-refractivity contribution >= 4 is 28.8 Å². The molecule has 1 heterocycles. The minimum Gasteiger partial charge on any atom is -0.357 e. The number of rotatable bonds is 3. The number of nitrogens with one attached hydrogen (secondary N) is 3. The van der Waals surface area contributed by atoms with E-state index in [1.54, 1.807) is 12.3 Å². The molecule has 0 aliphatic heterocycles. The molecule has 16 heavy (non-hydrogen) atoms. The van der Waals surface area contributed by atoms with Crippen LogP contribution in [0.4, 0.5) is 0 Å². The molecule has 3 N–H and O–H groups in total. The van der Waals surface area contributed by atoms with Gasteiger partial charge in [-0.15, -0.1) is 0 Å². The number of hydrogen-bond acceptors (Lipinski definition) is 2. The third-order valence-electron chi connectivity index (χ3n) is 3.06. The Bertz CT molecular complexity index is 331. The van der Waals surface area contributed by atoms with Crippen molar-refractivity contribution in [1.29, 1.82) is 0 Å². The van der Waals surface area contributed by atoms with Crippen LogP contribution in [0.2, 0.25) is 0 Å². The molecule has 0 unspecified atom stereocenters. The molecule has 0 atom stereocenters. The summed E-state index contributed by atoms with van der Waals surface area (Å²) in [5, 5.41) is 3.07. The predicted molar refractivity (Wildman–Crippen MR) is 71.5 cm³/mol. The van der Waals surface area contributed by atoms with E-state index in [4.69, 9.17) is 0 Å². The standard InChI is InChI=1S/C11H16IN3O/c12-15-9-5-3-8(4-6-9)14-11(16)10-2-1-7-13-10/h1-2,7-9,13,15H,3-6H2,(H,14,16)/t8-,9-. The summed E-state index contributed by atoms with van der Waals surface area (Å²) in [5.41, 5.74) is 0.647. The summed E-state index contributed by atoms with van der Waals surface area (Å²) in [7, 11) is 0. The van der Waals surface area contributed by atoms with E-state index >= 15 is 0 Å². The van der Waals surface area contributed by atoms with Gasteiger partial charge in [-0.2, -0.15) is 0 Å². The molecule has 1 aliphatic carbocycles. The van der Waals surface area contributed by atoms with Crippen LogP contribution < -0.4 is 8.85 Å². The van der Waals surface area contributed by atoms with Crippen LogP contribution in [0.1, 0.15) is 36.2 Å². The van der Waals surface area contributed by atoms with Crippen LogP contribution in [-0.2, 0) is 0 Å². The van der Waals surface area contributed by atoms with E-state index in [9.17, 15) is 4.79 Å². The second-order valence-corrected chi connectivity index (χ2v) is 4.84. The maximum atomic E-state index is 11.8. The van der Waals surface area contributed by atoms with Crippen molar-refractivity contribution in [3.8, 4) is 0 Å². The van der Waals surface area contributed by atoms with Crippen LogP contribution in [0.5, 0.6) is 0 Å². The Balaban J connectivity index is 1.81. The van der Waals surface area contributed by atoms with Crippen molar-refractivity contribution in [3.63, 3.8) is 0 Å². The van der Waals surface area contributed by atoms with E-state index in [-0.39, 0.29) is 5.91 Å². The average Bonchev–Trinajstić information content (AvgIpc) is 2.83. The smallest absolute Gasteiger partial charge is 0.267 e. The molecule has 1 aliphatic rings. The lowest BCUT2D eigenvalue weighted by molar-refractivity contribution is 0.0921. The molecule has 1 amide bonds. The van der Waals surface area contributed by atoms with Gasteiger partial charge >= 0.3 is 0 Å². The van der Waals surface area contributed by atoms with Gasteiger partial charge in [0.05, 0.1) is 0 Å². The zero-order valence-corrected chi connectivity index (χ0v) is 11.2.